The van der Waals surface area contributed by atoms with Gasteiger partial charge in [0.15, 0.2) is 0 Å². The van der Waals surface area contributed by atoms with E-state index in [0.717, 1.165) is 0 Å². The molecule has 0 aliphatic heterocycles. The van der Waals surface area contributed by atoms with E-state index in [-0.39, 0.29) is 5.75 Å². The summed E-state index contributed by atoms with van der Waals surface area (Å²) in [6, 6.07) is 10.2. The maximum atomic E-state index is 9.65. The van der Waals surface area contributed by atoms with Gasteiger partial charge >= 0.3 is 0 Å². The molecule has 0 unspecified atom stereocenters. The van der Waals surface area contributed by atoms with Gasteiger partial charge in [-0.15, -0.1) is 0 Å². The minimum atomic E-state index is 0.174. The lowest BCUT2D eigenvalue weighted by molar-refractivity contribution is 0.469. The number of rotatable bonds is 3. The van der Waals surface area contributed by atoms with Crippen LogP contribution in [0, 0.1) is 11.3 Å². The van der Waals surface area contributed by atoms with E-state index in [0.29, 0.717) is 29.2 Å². The summed E-state index contributed by atoms with van der Waals surface area (Å²) < 4.78 is 0. The number of anilines is 2. The molecule has 0 aliphatic carbocycles. The van der Waals surface area contributed by atoms with Crippen molar-refractivity contribution in [2.24, 2.45) is 0 Å². The van der Waals surface area contributed by atoms with Gasteiger partial charge < -0.3 is 16.2 Å². The molecular formula is C13H12N4O. The molecule has 0 bridgehead atoms. The molecule has 2 aromatic rings. The number of nitrogen functional groups attached to an aromatic ring is 1. The first-order valence-electron chi connectivity index (χ1n) is 5.36. The van der Waals surface area contributed by atoms with Crippen LogP contribution < -0.4 is 11.1 Å². The van der Waals surface area contributed by atoms with Gasteiger partial charge in [0.2, 0.25) is 0 Å². The minimum absolute atomic E-state index is 0.174. The highest BCUT2D eigenvalue weighted by Gasteiger charge is 2.02. The molecule has 0 amide bonds. The van der Waals surface area contributed by atoms with Gasteiger partial charge in [-0.3, -0.25) is 0 Å². The average Bonchev–Trinajstić information content (AvgIpc) is 2.40. The summed E-state index contributed by atoms with van der Waals surface area (Å²) in [6.45, 7) is 0.388. The lowest BCUT2D eigenvalue weighted by Gasteiger charge is -2.08. The molecule has 0 radical (unpaired) electrons. The Morgan fingerprint density at radius 1 is 1.33 bits per heavy atom. The van der Waals surface area contributed by atoms with E-state index in [4.69, 9.17) is 11.0 Å². The molecule has 0 atom stereocenters. The molecule has 4 N–H and O–H groups in total. The number of aromatic nitrogens is 1. The summed E-state index contributed by atoms with van der Waals surface area (Å²) in [5.41, 5.74) is 7.44. The van der Waals surface area contributed by atoms with Crippen molar-refractivity contribution in [3.05, 3.63) is 47.7 Å². The summed E-state index contributed by atoms with van der Waals surface area (Å²) in [4.78, 5) is 4.08. The molecule has 0 saturated carbocycles. The highest BCUT2D eigenvalue weighted by Crippen LogP contribution is 2.20. The fourth-order valence-corrected chi connectivity index (χ4v) is 1.53. The highest BCUT2D eigenvalue weighted by atomic mass is 16.3. The van der Waals surface area contributed by atoms with Crippen molar-refractivity contribution in [1.82, 2.24) is 4.98 Å². The van der Waals surface area contributed by atoms with Gasteiger partial charge in [0, 0.05) is 24.0 Å². The molecule has 5 heteroatoms. The summed E-state index contributed by atoms with van der Waals surface area (Å²) in [5, 5.41) is 21.4. The summed E-state index contributed by atoms with van der Waals surface area (Å²) >= 11 is 0. The molecule has 2 rings (SSSR count). The van der Waals surface area contributed by atoms with Crippen LogP contribution >= 0.6 is 0 Å². The van der Waals surface area contributed by atoms with Crippen molar-refractivity contribution in [1.29, 1.82) is 5.26 Å². The molecule has 1 aromatic carbocycles. The molecule has 0 aliphatic rings. The topological polar surface area (TPSA) is 95.0 Å². The number of phenols is 1. The van der Waals surface area contributed by atoms with Crippen molar-refractivity contribution in [3.63, 3.8) is 0 Å². The molecule has 1 heterocycles. The minimum Gasteiger partial charge on any atom is -0.508 e. The summed E-state index contributed by atoms with van der Waals surface area (Å²) in [5.74, 6) is 0.754. The first-order valence-corrected chi connectivity index (χ1v) is 5.36. The van der Waals surface area contributed by atoms with Gasteiger partial charge in [0.1, 0.15) is 11.6 Å². The Kier molecular flexibility index (Phi) is 3.30. The maximum absolute atomic E-state index is 9.65. The second kappa shape index (κ2) is 5.06. The number of benzene rings is 1. The monoisotopic (exact) mass is 240 g/mol. The quantitative estimate of drug-likeness (QED) is 0.562. The molecule has 0 spiro atoms. The largest absolute Gasteiger partial charge is 0.508 e. The van der Waals surface area contributed by atoms with Gasteiger partial charge in [0.25, 0.3) is 0 Å². The number of nitrogens with zero attached hydrogens (tertiary/aromatic N) is 2. The zero-order chi connectivity index (χ0) is 13.0. The number of aromatic hydroxyl groups is 1. The molecule has 5 nitrogen and oxygen atoms in total. The van der Waals surface area contributed by atoms with Crippen molar-refractivity contribution in [2.75, 3.05) is 11.1 Å². The van der Waals surface area contributed by atoms with E-state index in [2.05, 4.69) is 10.3 Å². The summed E-state index contributed by atoms with van der Waals surface area (Å²) in [7, 11) is 0. The van der Waals surface area contributed by atoms with Crippen LogP contribution in [-0.4, -0.2) is 10.1 Å². The molecule has 18 heavy (non-hydrogen) atoms. The predicted octanol–water partition coefficient (Wildman–Crippen LogP) is 1.85. The van der Waals surface area contributed by atoms with Crippen molar-refractivity contribution in [3.8, 4) is 11.8 Å². The third-order valence-corrected chi connectivity index (χ3v) is 2.45. The Balaban J connectivity index is 2.11. The Labute approximate surface area is 105 Å². The number of hydrogen-bond acceptors (Lipinski definition) is 5. The van der Waals surface area contributed by atoms with E-state index < -0.39 is 0 Å². The Bertz CT molecular complexity index is 604. The molecule has 1 aromatic heterocycles. The van der Waals surface area contributed by atoms with Gasteiger partial charge in [-0.25, -0.2) is 4.98 Å². The third-order valence-electron chi connectivity index (χ3n) is 2.45. The van der Waals surface area contributed by atoms with Crippen LogP contribution in [0.15, 0.2) is 36.5 Å². The first-order chi connectivity index (χ1) is 8.69. The second-order valence-electron chi connectivity index (χ2n) is 3.78. The van der Waals surface area contributed by atoms with Crippen molar-refractivity contribution < 1.29 is 5.11 Å². The van der Waals surface area contributed by atoms with Gasteiger partial charge in [-0.2, -0.15) is 5.26 Å². The molecule has 0 saturated heterocycles. The molecule has 90 valence electrons. The fourth-order valence-electron chi connectivity index (χ4n) is 1.53. The van der Waals surface area contributed by atoms with Gasteiger partial charge in [0.05, 0.1) is 11.6 Å². The number of nitriles is 1. The van der Waals surface area contributed by atoms with E-state index in [9.17, 15) is 5.11 Å². The smallest absolute Gasteiger partial charge is 0.127 e. The maximum Gasteiger partial charge on any atom is 0.127 e. The average molecular weight is 240 g/mol. The number of phenolic OH excluding ortho intramolecular Hbond substituents is 1. The zero-order valence-electron chi connectivity index (χ0n) is 9.59. The summed E-state index contributed by atoms with van der Waals surface area (Å²) in [6.07, 6.45) is 1.56. The van der Waals surface area contributed by atoms with Crippen LogP contribution in [0.3, 0.4) is 0 Å². The predicted molar refractivity (Wildman–Crippen MR) is 68.8 cm³/mol. The van der Waals surface area contributed by atoms with Gasteiger partial charge in [-0.05, 0) is 30.3 Å². The van der Waals surface area contributed by atoms with Crippen LogP contribution in [0.5, 0.6) is 5.75 Å². The SMILES string of the molecule is N#Cc1ccnc(NCc2cc(N)ccc2O)c1. The van der Waals surface area contributed by atoms with E-state index in [1.54, 1.807) is 36.5 Å². The Morgan fingerprint density at radius 2 is 2.17 bits per heavy atom. The van der Waals surface area contributed by atoms with Crippen LogP contribution in [-0.2, 0) is 6.54 Å². The van der Waals surface area contributed by atoms with Crippen LogP contribution in [0.4, 0.5) is 11.5 Å². The normalized spacial score (nSPS) is 9.72. The van der Waals surface area contributed by atoms with Gasteiger partial charge in [-0.1, -0.05) is 0 Å². The van der Waals surface area contributed by atoms with E-state index >= 15 is 0 Å². The zero-order valence-corrected chi connectivity index (χ0v) is 9.59. The fraction of sp³-hybridized carbons (Fsp3) is 0.0769. The lowest BCUT2D eigenvalue weighted by Crippen LogP contribution is -2.02. The van der Waals surface area contributed by atoms with Crippen molar-refractivity contribution in [2.45, 2.75) is 6.54 Å². The van der Waals surface area contributed by atoms with Crippen LogP contribution in [0.1, 0.15) is 11.1 Å². The van der Waals surface area contributed by atoms with E-state index in [1.165, 1.54) is 0 Å². The van der Waals surface area contributed by atoms with Crippen LogP contribution in [0.25, 0.3) is 0 Å². The molecule has 0 fully saturated rings. The number of nitrogens with two attached hydrogens (primary N) is 1. The third kappa shape index (κ3) is 2.68. The standard InChI is InChI=1S/C13H12N4O/c14-7-9-3-4-16-13(5-9)17-8-10-6-11(15)1-2-12(10)18/h1-6,18H,8,15H2,(H,16,17). The number of nitrogens with one attached hydrogen (secondary N) is 1. The molecular weight excluding hydrogens is 228 g/mol. The Morgan fingerprint density at radius 3 is 2.94 bits per heavy atom. The van der Waals surface area contributed by atoms with E-state index in [1.807, 2.05) is 6.07 Å². The number of pyridine rings is 1. The second-order valence-corrected chi connectivity index (χ2v) is 3.78. The van der Waals surface area contributed by atoms with Crippen LogP contribution in [0.2, 0.25) is 0 Å². The number of hydrogen-bond donors (Lipinski definition) is 3. The first kappa shape index (κ1) is 11.7. The lowest BCUT2D eigenvalue weighted by atomic mass is 10.2. The van der Waals surface area contributed by atoms with Crippen molar-refractivity contribution >= 4 is 11.5 Å². The highest BCUT2D eigenvalue weighted by molar-refractivity contribution is 5.49. The Hall–Kier alpha value is -2.74.